The number of hydrogen-bond donors (Lipinski definition) is 1. The lowest BCUT2D eigenvalue weighted by Crippen LogP contribution is -2.31. The van der Waals surface area contributed by atoms with E-state index in [0.29, 0.717) is 6.04 Å². The minimum Gasteiger partial charge on any atom is -0.292 e. The van der Waals surface area contributed by atoms with Crippen LogP contribution >= 0.6 is 0 Å². The summed E-state index contributed by atoms with van der Waals surface area (Å²) in [5.41, 5.74) is 4.18. The number of halogens is 1. The summed E-state index contributed by atoms with van der Waals surface area (Å²) in [5, 5.41) is 7.26. The maximum atomic E-state index is 13.2. The maximum Gasteiger partial charge on any atom is 0.123 e. The van der Waals surface area contributed by atoms with Gasteiger partial charge in [-0.25, -0.2) is 4.39 Å². The molecule has 0 unspecified atom stereocenters. The monoisotopic (exact) mass is 338 g/mol. The first kappa shape index (κ1) is 17.3. The van der Waals surface area contributed by atoms with E-state index in [1.54, 1.807) is 18.3 Å². The molecule has 1 aromatic carbocycles. The highest BCUT2D eigenvalue weighted by atomic mass is 19.1. The van der Waals surface area contributed by atoms with Crippen molar-refractivity contribution in [3.8, 4) is 11.3 Å². The fourth-order valence-electron chi connectivity index (χ4n) is 2.87. The third-order valence-electron chi connectivity index (χ3n) is 4.55. The highest BCUT2D eigenvalue weighted by Gasteiger charge is 2.17. The minimum absolute atomic E-state index is 0.234. The first-order valence-electron chi connectivity index (χ1n) is 8.58. The van der Waals surface area contributed by atoms with Gasteiger partial charge in [-0.3, -0.25) is 15.0 Å². The SMILES string of the molecule is CC[C@@H](C)N(Cc1cccnc1)Cc1cn[nH]c1-c1ccc(F)cc1. The molecule has 5 heteroatoms. The fourth-order valence-corrected chi connectivity index (χ4v) is 2.87. The zero-order valence-corrected chi connectivity index (χ0v) is 14.6. The van der Waals surface area contributed by atoms with Crippen LogP contribution in [0.4, 0.5) is 4.39 Å². The van der Waals surface area contributed by atoms with Crippen molar-refractivity contribution in [2.45, 2.75) is 39.4 Å². The number of rotatable bonds is 7. The Kier molecular flexibility index (Phi) is 5.56. The molecule has 25 heavy (non-hydrogen) atoms. The van der Waals surface area contributed by atoms with Gasteiger partial charge in [-0.15, -0.1) is 0 Å². The van der Waals surface area contributed by atoms with Gasteiger partial charge in [-0.2, -0.15) is 5.10 Å². The van der Waals surface area contributed by atoms with Crippen LogP contribution in [-0.4, -0.2) is 26.1 Å². The van der Waals surface area contributed by atoms with E-state index in [9.17, 15) is 4.39 Å². The van der Waals surface area contributed by atoms with E-state index in [0.717, 1.165) is 36.3 Å². The summed E-state index contributed by atoms with van der Waals surface area (Å²) in [6, 6.07) is 11.0. The Morgan fingerprint density at radius 3 is 2.60 bits per heavy atom. The van der Waals surface area contributed by atoms with Crippen LogP contribution in [0.1, 0.15) is 31.4 Å². The van der Waals surface area contributed by atoms with Crippen LogP contribution < -0.4 is 0 Å². The first-order valence-corrected chi connectivity index (χ1v) is 8.58. The molecule has 0 radical (unpaired) electrons. The van der Waals surface area contributed by atoms with Gasteiger partial charge in [0, 0.05) is 42.7 Å². The van der Waals surface area contributed by atoms with Gasteiger partial charge in [-0.05, 0) is 49.2 Å². The van der Waals surface area contributed by atoms with Gasteiger partial charge in [0.15, 0.2) is 0 Å². The molecule has 4 nitrogen and oxygen atoms in total. The van der Waals surface area contributed by atoms with Crippen LogP contribution in [0, 0.1) is 5.82 Å². The molecule has 3 rings (SSSR count). The number of nitrogens with zero attached hydrogens (tertiary/aromatic N) is 3. The third-order valence-corrected chi connectivity index (χ3v) is 4.55. The second kappa shape index (κ2) is 8.03. The summed E-state index contributed by atoms with van der Waals surface area (Å²) in [4.78, 5) is 6.62. The highest BCUT2D eigenvalue weighted by molar-refractivity contribution is 5.62. The Morgan fingerprint density at radius 2 is 1.92 bits per heavy atom. The van der Waals surface area contributed by atoms with Crippen molar-refractivity contribution in [3.05, 3.63) is 71.9 Å². The molecule has 0 saturated heterocycles. The summed E-state index contributed by atoms with van der Waals surface area (Å²) in [5.74, 6) is -0.234. The van der Waals surface area contributed by atoms with E-state index in [4.69, 9.17) is 0 Å². The van der Waals surface area contributed by atoms with Crippen molar-refractivity contribution >= 4 is 0 Å². The average Bonchev–Trinajstić information content (AvgIpc) is 3.10. The Bertz CT molecular complexity index is 783. The first-order chi connectivity index (χ1) is 12.2. The molecule has 0 amide bonds. The van der Waals surface area contributed by atoms with Gasteiger partial charge >= 0.3 is 0 Å². The largest absolute Gasteiger partial charge is 0.292 e. The molecule has 0 saturated carbocycles. The lowest BCUT2D eigenvalue weighted by atomic mass is 10.1. The molecule has 2 heterocycles. The number of aromatic amines is 1. The van der Waals surface area contributed by atoms with Crippen LogP contribution in [0.15, 0.2) is 55.0 Å². The number of nitrogens with one attached hydrogen (secondary N) is 1. The number of pyridine rings is 1. The van der Waals surface area contributed by atoms with E-state index in [2.05, 4.69) is 40.0 Å². The Balaban J connectivity index is 1.83. The van der Waals surface area contributed by atoms with E-state index in [1.807, 2.05) is 18.5 Å². The van der Waals surface area contributed by atoms with E-state index < -0.39 is 0 Å². The summed E-state index contributed by atoms with van der Waals surface area (Å²) in [6.07, 6.45) is 6.62. The zero-order valence-electron chi connectivity index (χ0n) is 14.6. The summed E-state index contributed by atoms with van der Waals surface area (Å²) >= 11 is 0. The maximum absolute atomic E-state index is 13.2. The molecular weight excluding hydrogens is 315 g/mol. The highest BCUT2D eigenvalue weighted by Crippen LogP contribution is 2.24. The average molecular weight is 338 g/mol. The molecule has 3 aromatic rings. The van der Waals surface area contributed by atoms with Crippen LogP contribution in [-0.2, 0) is 13.1 Å². The quantitative estimate of drug-likeness (QED) is 0.694. The second-order valence-electron chi connectivity index (χ2n) is 6.30. The standard InChI is InChI=1S/C20H23FN4/c1-3-15(2)25(13-16-5-4-10-22-11-16)14-18-12-23-24-20(18)17-6-8-19(21)9-7-17/h4-12,15H,3,13-14H2,1-2H3,(H,23,24)/t15-/m1/s1. The molecule has 130 valence electrons. The second-order valence-corrected chi connectivity index (χ2v) is 6.30. The summed E-state index contributed by atoms with van der Waals surface area (Å²) in [7, 11) is 0. The molecule has 0 bridgehead atoms. The number of hydrogen-bond acceptors (Lipinski definition) is 3. The smallest absolute Gasteiger partial charge is 0.123 e. The lowest BCUT2D eigenvalue weighted by molar-refractivity contribution is 0.186. The van der Waals surface area contributed by atoms with E-state index in [1.165, 1.54) is 17.7 Å². The molecule has 0 aliphatic rings. The van der Waals surface area contributed by atoms with Crippen molar-refractivity contribution < 1.29 is 4.39 Å². The van der Waals surface area contributed by atoms with Crippen molar-refractivity contribution in [2.75, 3.05) is 0 Å². The molecule has 0 aliphatic carbocycles. The Hall–Kier alpha value is -2.53. The molecule has 0 fully saturated rings. The Morgan fingerprint density at radius 1 is 1.12 bits per heavy atom. The molecular formula is C20H23FN4. The van der Waals surface area contributed by atoms with Crippen molar-refractivity contribution in [1.82, 2.24) is 20.1 Å². The van der Waals surface area contributed by atoms with Crippen molar-refractivity contribution in [1.29, 1.82) is 0 Å². The predicted octanol–water partition coefficient (Wildman–Crippen LogP) is 4.41. The summed E-state index contributed by atoms with van der Waals surface area (Å²) < 4.78 is 13.2. The van der Waals surface area contributed by atoms with E-state index in [-0.39, 0.29) is 5.82 Å². The van der Waals surface area contributed by atoms with Gasteiger partial charge in [0.1, 0.15) is 5.82 Å². The summed E-state index contributed by atoms with van der Waals surface area (Å²) in [6.45, 7) is 6.02. The zero-order chi connectivity index (χ0) is 17.6. The van der Waals surface area contributed by atoms with Gasteiger partial charge in [0.05, 0.1) is 11.9 Å². The van der Waals surface area contributed by atoms with Crippen LogP contribution in [0.3, 0.4) is 0 Å². The molecule has 0 aliphatic heterocycles. The Labute approximate surface area is 147 Å². The topological polar surface area (TPSA) is 44.8 Å². The fraction of sp³-hybridized carbons (Fsp3) is 0.300. The number of aromatic nitrogens is 3. The van der Waals surface area contributed by atoms with Gasteiger partial charge in [0.2, 0.25) is 0 Å². The minimum atomic E-state index is -0.234. The predicted molar refractivity (Wildman–Crippen MR) is 97.2 cm³/mol. The number of H-pyrrole nitrogens is 1. The van der Waals surface area contributed by atoms with E-state index >= 15 is 0 Å². The molecule has 1 atom stereocenters. The van der Waals surface area contributed by atoms with Crippen molar-refractivity contribution in [2.24, 2.45) is 0 Å². The molecule has 0 spiro atoms. The van der Waals surface area contributed by atoms with Gasteiger partial charge in [-0.1, -0.05) is 13.0 Å². The van der Waals surface area contributed by atoms with Crippen molar-refractivity contribution in [3.63, 3.8) is 0 Å². The van der Waals surface area contributed by atoms with Gasteiger partial charge in [0.25, 0.3) is 0 Å². The molecule has 2 aromatic heterocycles. The van der Waals surface area contributed by atoms with Crippen LogP contribution in [0.5, 0.6) is 0 Å². The molecule has 1 N–H and O–H groups in total. The normalized spacial score (nSPS) is 12.5. The lowest BCUT2D eigenvalue weighted by Gasteiger charge is -2.28. The van der Waals surface area contributed by atoms with Crippen LogP contribution in [0.2, 0.25) is 0 Å². The van der Waals surface area contributed by atoms with Crippen LogP contribution in [0.25, 0.3) is 11.3 Å². The third kappa shape index (κ3) is 4.31. The number of benzene rings is 1. The van der Waals surface area contributed by atoms with Gasteiger partial charge < -0.3 is 0 Å².